The summed E-state index contributed by atoms with van der Waals surface area (Å²) in [7, 11) is 0. The van der Waals surface area contributed by atoms with E-state index in [1.165, 1.54) is 0 Å². The fraction of sp³-hybridized carbons (Fsp3) is 0.529. The summed E-state index contributed by atoms with van der Waals surface area (Å²) in [5.74, 6) is 1.58. The second kappa shape index (κ2) is 11.2. The Balaban J connectivity index is 0.00000312. The number of thioether (sulfide) groups is 1. The Labute approximate surface area is 159 Å². The first-order valence-electron chi connectivity index (χ1n) is 8.30. The highest BCUT2D eigenvalue weighted by Gasteiger charge is 2.18. The Kier molecular flexibility index (Phi) is 9.70. The van der Waals surface area contributed by atoms with Gasteiger partial charge in [0.25, 0.3) is 0 Å². The number of rotatable bonds is 7. The van der Waals surface area contributed by atoms with Crippen LogP contribution in [0.1, 0.15) is 30.6 Å². The Hall–Kier alpha value is -1.44. The van der Waals surface area contributed by atoms with Crippen LogP contribution in [0.2, 0.25) is 0 Å². The number of anilines is 2. The van der Waals surface area contributed by atoms with Crippen molar-refractivity contribution >= 4 is 47.4 Å². The van der Waals surface area contributed by atoms with E-state index in [-0.39, 0.29) is 30.3 Å². The number of benzene rings is 1. The molecule has 1 fully saturated rings. The van der Waals surface area contributed by atoms with E-state index in [0.29, 0.717) is 24.3 Å². The maximum atomic E-state index is 12.3. The van der Waals surface area contributed by atoms with E-state index in [2.05, 4.69) is 16.0 Å². The van der Waals surface area contributed by atoms with Gasteiger partial charge in [-0.3, -0.25) is 4.79 Å². The summed E-state index contributed by atoms with van der Waals surface area (Å²) in [6.07, 6.45) is 0.419. The van der Waals surface area contributed by atoms with Crippen LogP contribution in [-0.2, 0) is 9.53 Å². The summed E-state index contributed by atoms with van der Waals surface area (Å²) in [4.78, 5) is 24.2. The molecule has 1 unspecified atom stereocenters. The van der Waals surface area contributed by atoms with Gasteiger partial charge in [-0.15, -0.1) is 12.4 Å². The van der Waals surface area contributed by atoms with Gasteiger partial charge in [0.15, 0.2) is 0 Å². The van der Waals surface area contributed by atoms with Crippen LogP contribution in [0.25, 0.3) is 0 Å². The molecule has 25 heavy (non-hydrogen) atoms. The summed E-state index contributed by atoms with van der Waals surface area (Å²) < 4.78 is 5.02. The summed E-state index contributed by atoms with van der Waals surface area (Å²) in [6.45, 7) is 5.73. The minimum absolute atomic E-state index is 0. The molecule has 0 saturated carbocycles. The van der Waals surface area contributed by atoms with E-state index in [1.807, 2.05) is 18.7 Å². The van der Waals surface area contributed by atoms with Gasteiger partial charge in [-0.25, -0.2) is 4.79 Å². The third-order valence-corrected chi connectivity index (χ3v) is 4.73. The van der Waals surface area contributed by atoms with Gasteiger partial charge in [0.2, 0.25) is 5.91 Å². The molecule has 1 saturated heterocycles. The predicted molar refractivity (Wildman–Crippen MR) is 106 cm³/mol. The summed E-state index contributed by atoms with van der Waals surface area (Å²) in [6, 6.07) is 5.35. The molecule has 1 heterocycles. The summed E-state index contributed by atoms with van der Waals surface area (Å²) in [5.41, 5.74) is 1.83. The Morgan fingerprint density at radius 3 is 2.76 bits per heavy atom. The molecule has 8 heteroatoms. The first-order chi connectivity index (χ1) is 11.6. The molecular weight excluding hydrogens is 362 g/mol. The van der Waals surface area contributed by atoms with Crippen molar-refractivity contribution in [3.63, 3.8) is 0 Å². The quantitative estimate of drug-likeness (QED) is 0.624. The zero-order chi connectivity index (χ0) is 17.4. The Bertz CT molecular complexity index is 580. The molecule has 2 rings (SSSR count). The maximum absolute atomic E-state index is 12.3. The first kappa shape index (κ1) is 21.6. The lowest BCUT2D eigenvalue weighted by molar-refractivity contribution is -0.116. The Morgan fingerprint density at radius 2 is 2.12 bits per heavy atom. The summed E-state index contributed by atoms with van der Waals surface area (Å²) >= 11 is 1.86. The van der Waals surface area contributed by atoms with Gasteiger partial charge in [-0.2, -0.15) is 11.8 Å². The van der Waals surface area contributed by atoms with E-state index in [4.69, 9.17) is 4.74 Å². The monoisotopic (exact) mass is 387 g/mol. The van der Waals surface area contributed by atoms with E-state index in [9.17, 15) is 9.59 Å². The minimum atomic E-state index is -0.388. The molecule has 0 aliphatic carbocycles. The zero-order valence-electron chi connectivity index (χ0n) is 14.6. The number of hydrogen-bond acceptors (Lipinski definition) is 6. The van der Waals surface area contributed by atoms with Crippen LogP contribution < -0.4 is 16.0 Å². The largest absolute Gasteiger partial charge is 0.462 e. The molecule has 1 amide bonds. The number of carbonyl (C=O) groups is 2. The summed E-state index contributed by atoms with van der Waals surface area (Å²) in [5, 5.41) is 9.47. The second-order valence-electron chi connectivity index (χ2n) is 5.49. The van der Waals surface area contributed by atoms with Crippen LogP contribution in [0.4, 0.5) is 11.4 Å². The topological polar surface area (TPSA) is 79.5 Å². The molecule has 1 aliphatic heterocycles. The van der Waals surface area contributed by atoms with Crippen LogP contribution in [0.15, 0.2) is 18.2 Å². The average molecular weight is 388 g/mol. The van der Waals surface area contributed by atoms with Crippen LogP contribution in [0.5, 0.6) is 0 Å². The van der Waals surface area contributed by atoms with E-state index in [0.717, 1.165) is 30.3 Å². The number of nitrogens with one attached hydrogen (secondary N) is 3. The smallest absolute Gasteiger partial charge is 0.338 e. The lowest BCUT2D eigenvalue weighted by Crippen LogP contribution is -2.39. The molecular formula is C17H26ClN3O3S. The van der Waals surface area contributed by atoms with Crippen molar-refractivity contribution in [2.75, 3.05) is 41.8 Å². The van der Waals surface area contributed by atoms with Gasteiger partial charge in [-0.05, 0) is 32.0 Å². The normalized spacial score (nSPS) is 16.5. The highest BCUT2D eigenvalue weighted by Crippen LogP contribution is 2.24. The molecule has 0 spiro atoms. The number of ether oxygens (including phenoxy) is 1. The van der Waals surface area contributed by atoms with Crippen molar-refractivity contribution in [2.45, 2.75) is 26.3 Å². The number of hydrogen-bond donors (Lipinski definition) is 3. The molecule has 1 aliphatic rings. The SMILES string of the molecule is CCNc1ccc(C(=O)OCC)cc1NC(=O)CC1CSCCN1.Cl. The fourth-order valence-corrected chi connectivity index (χ4v) is 3.46. The molecule has 140 valence electrons. The van der Waals surface area contributed by atoms with Gasteiger partial charge < -0.3 is 20.7 Å². The van der Waals surface area contributed by atoms with Gasteiger partial charge >= 0.3 is 5.97 Å². The number of halogens is 1. The number of esters is 1. The van der Waals surface area contributed by atoms with Gasteiger partial charge in [0.1, 0.15) is 0 Å². The predicted octanol–water partition coefficient (Wildman–Crippen LogP) is 2.75. The highest BCUT2D eigenvalue weighted by molar-refractivity contribution is 7.99. The van der Waals surface area contributed by atoms with Crippen molar-refractivity contribution in [1.82, 2.24) is 5.32 Å². The average Bonchev–Trinajstić information content (AvgIpc) is 2.57. The molecule has 3 N–H and O–H groups in total. The Morgan fingerprint density at radius 1 is 1.32 bits per heavy atom. The molecule has 0 bridgehead atoms. The number of carbonyl (C=O) groups excluding carboxylic acids is 2. The maximum Gasteiger partial charge on any atom is 0.338 e. The van der Waals surface area contributed by atoms with Crippen LogP contribution in [0.3, 0.4) is 0 Å². The third-order valence-electron chi connectivity index (χ3n) is 3.60. The standard InChI is InChI=1S/C17H25N3O3S.ClH/c1-3-18-14-6-5-12(17(22)23-4-2)9-15(14)20-16(21)10-13-11-24-8-7-19-13;/h5-6,9,13,18-19H,3-4,7-8,10-11H2,1-2H3,(H,20,21);1H. The van der Waals surface area contributed by atoms with Crippen molar-refractivity contribution in [3.8, 4) is 0 Å². The molecule has 1 atom stereocenters. The first-order valence-corrected chi connectivity index (χ1v) is 9.45. The van der Waals surface area contributed by atoms with Crippen molar-refractivity contribution in [1.29, 1.82) is 0 Å². The molecule has 0 radical (unpaired) electrons. The van der Waals surface area contributed by atoms with E-state index < -0.39 is 0 Å². The second-order valence-corrected chi connectivity index (χ2v) is 6.64. The molecule has 1 aromatic rings. The van der Waals surface area contributed by atoms with Crippen LogP contribution in [0, 0.1) is 0 Å². The fourth-order valence-electron chi connectivity index (χ4n) is 2.51. The van der Waals surface area contributed by atoms with Gasteiger partial charge in [-0.1, -0.05) is 0 Å². The van der Waals surface area contributed by atoms with Gasteiger partial charge in [0.05, 0.1) is 23.5 Å². The van der Waals surface area contributed by atoms with E-state index >= 15 is 0 Å². The lowest BCUT2D eigenvalue weighted by atomic mass is 10.1. The minimum Gasteiger partial charge on any atom is -0.462 e. The molecule has 6 nitrogen and oxygen atoms in total. The number of amides is 1. The van der Waals surface area contributed by atoms with Crippen molar-refractivity contribution in [2.24, 2.45) is 0 Å². The third kappa shape index (κ3) is 6.76. The highest BCUT2D eigenvalue weighted by atomic mass is 35.5. The van der Waals surface area contributed by atoms with E-state index in [1.54, 1.807) is 25.1 Å². The van der Waals surface area contributed by atoms with Gasteiger partial charge in [0, 0.05) is 37.1 Å². The molecule has 0 aromatic heterocycles. The lowest BCUT2D eigenvalue weighted by Gasteiger charge is -2.23. The zero-order valence-corrected chi connectivity index (χ0v) is 16.2. The van der Waals surface area contributed by atoms with Crippen molar-refractivity contribution in [3.05, 3.63) is 23.8 Å². The van der Waals surface area contributed by atoms with Crippen LogP contribution in [-0.4, -0.2) is 49.1 Å². The molecule has 1 aromatic carbocycles. The van der Waals surface area contributed by atoms with Crippen molar-refractivity contribution < 1.29 is 14.3 Å². The van der Waals surface area contributed by atoms with Crippen LogP contribution >= 0.6 is 24.2 Å².